The largest absolute Gasteiger partial charge is 0.382 e. The second-order valence-electron chi connectivity index (χ2n) is 1.70. The molecule has 0 aliphatic heterocycles. The molecule has 0 aliphatic carbocycles. The molecule has 0 spiro atoms. The molecule has 2 rings (SSSR count). The van der Waals surface area contributed by atoms with Gasteiger partial charge in [-0.15, -0.1) is 0 Å². The van der Waals surface area contributed by atoms with Gasteiger partial charge in [-0.05, 0) is 0 Å². The Kier molecular flexibility index (Phi) is 1.01. The number of aromatic nitrogens is 4. The molecule has 5 nitrogen and oxygen atoms in total. The van der Waals surface area contributed by atoms with E-state index in [4.69, 9.17) is 5.73 Å². The average molecular weight is 153 g/mol. The van der Waals surface area contributed by atoms with Crippen LogP contribution < -0.4 is 5.73 Å². The summed E-state index contributed by atoms with van der Waals surface area (Å²) in [6.45, 7) is 0. The van der Waals surface area contributed by atoms with Crippen LogP contribution in [-0.2, 0) is 0 Å². The molecular formula is C4H3N5S. The third kappa shape index (κ3) is 0.623. The second kappa shape index (κ2) is 1.84. The van der Waals surface area contributed by atoms with Gasteiger partial charge in [0.1, 0.15) is 6.33 Å². The molecule has 0 aromatic carbocycles. The standard InChI is InChI=1S/C4H3N5S/c5-3-2-4(7-1-6-3)9-10-8-2/h1H,(H2,5,6,7,9). The van der Waals surface area contributed by atoms with Crippen LogP contribution in [0.3, 0.4) is 0 Å². The molecule has 0 saturated heterocycles. The molecular weight excluding hydrogens is 150 g/mol. The van der Waals surface area contributed by atoms with Gasteiger partial charge < -0.3 is 5.73 Å². The zero-order valence-electron chi connectivity index (χ0n) is 4.85. The molecule has 0 fully saturated rings. The molecule has 0 atom stereocenters. The van der Waals surface area contributed by atoms with Gasteiger partial charge in [0.2, 0.25) is 0 Å². The summed E-state index contributed by atoms with van der Waals surface area (Å²) in [5.41, 5.74) is 6.61. The topological polar surface area (TPSA) is 77.6 Å². The molecule has 6 heteroatoms. The summed E-state index contributed by atoms with van der Waals surface area (Å²) in [4.78, 5) is 7.60. The SMILES string of the molecule is Nc1ncnc2nsnc12. The van der Waals surface area contributed by atoms with Crippen molar-refractivity contribution in [1.29, 1.82) is 0 Å². The first-order valence-corrected chi connectivity index (χ1v) is 3.29. The van der Waals surface area contributed by atoms with E-state index in [1.807, 2.05) is 0 Å². The minimum atomic E-state index is 0.388. The summed E-state index contributed by atoms with van der Waals surface area (Å²) in [6, 6.07) is 0. The van der Waals surface area contributed by atoms with Crippen molar-refractivity contribution in [2.45, 2.75) is 0 Å². The van der Waals surface area contributed by atoms with Gasteiger partial charge in [0.25, 0.3) is 0 Å². The van der Waals surface area contributed by atoms with E-state index in [1.54, 1.807) is 0 Å². The van der Waals surface area contributed by atoms with E-state index in [2.05, 4.69) is 18.7 Å². The zero-order chi connectivity index (χ0) is 6.97. The molecule has 2 N–H and O–H groups in total. The van der Waals surface area contributed by atoms with E-state index in [1.165, 1.54) is 6.33 Å². The van der Waals surface area contributed by atoms with Gasteiger partial charge in [-0.25, -0.2) is 9.97 Å². The predicted molar refractivity (Wildman–Crippen MR) is 37.4 cm³/mol. The van der Waals surface area contributed by atoms with E-state index in [-0.39, 0.29) is 0 Å². The highest BCUT2D eigenvalue weighted by molar-refractivity contribution is 7.00. The van der Waals surface area contributed by atoms with Gasteiger partial charge in [-0.3, -0.25) is 0 Å². The normalized spacial score (nSPS) is 10.4. The Labute approximate surface area is 60.3 Å². The van der Waals surface area contributed by atoms with Crippen LogP contribution in [-0.4, -0.2) is 18.7 Å². The number of nitrogens with zero attached hydrogens (tertiary/aromatic N) is 4. The minimum absolute atomic E-state index is 0.388. The molecule has 0 amide bonds. The highest BCUT2D eigenvalue weighted by atomic mass is 32.1. The number of hydrogen-bond donors (Lipinski definition) is 1. The highest BCUT2D eigenvalue weighted by Gasteiger charge is 2.01. The van der Waals surface area contributed by atoms with Crippen molar-refractivity contribution in [1.82, 2.24) is 18.7 Å². The van der Waals surface area contributed by atoms with Crippen molar-refractivity contribution in [3.63, 3.8) is 0 Å². The monoisotopic (exact) mass is 153 g/mol. The fraction of sp³-hybridized carbons (Fsp3) is 0. The van der Waals surface area contributed by atoms with E-state index < -0.39 is 0 Å². The summed E-state index contributed by atoms with van der Waals surface area (Å²) < 4.78 is 7.78. The van der Waals surface area contributed by atoms with Crippen molar-refractivity contribution < 1.29 is 0 Å². The van der Waals surface area contributed by atoms with E-state index in [9.17, 15) is 0 Å². The highest BCUT2D eigenvalue weighted by Crippen LogP contribution is 2.11. The zero-order valence-corrected chi connectivity index (χ0v) is 5.67. The second-order valence-corrected chi connectivity index (χ2v) is 2.22. The first kappa shape index (κ1) is 5.48. The van der Waals surface area contributed by atoms with Crippen LogP contribution in [0.1, 0.15) is 0 Å². The molecule has 50 valence electrons. The van der Waals surface area contributed by atoms with Crippen LogP contribution in [0, 0.1) is 0 Å². The Bertz CT molecular complexity index is 355. The van der Waals surface area contributed by atoms with Gasteiger partial charge in [0.15, 0.2) is 17.0 Å². The molecule has 10 heavy (non-hydrogen) atoms. The van der Waals surface area contributed by atoms with Crippen LogP contribution >= 0.6 is 11.7 Å². The van der Waals surface area contributed by atoms with Crippen LogP contribution in [0.4, 0.5) is 5.82 Å². The van der Waals surface area contributed by atoms with Crippen molar-refractivity contribution in [3.05, 3.63) is 6.33 Å². The van der Waals surface area contributed by atoms with Gasteiger partial charge in [0.05, 0.1) is 11.7 Å². The number of fused-ring (bicyclic) bond motifs is 1. The number of nitrogen functional groups attached to an aromatic ring is 1. The Morgan fingerprint density at radius 1 is 1.30 bits per heavy atom. The lowest BCUT2D eigenvalue weighted by Crippen LogP contribution is -1.91. The fourth-order valence-electron chi connectivity index (χ4n) is 0.637. The molecule has 2 aromatic heterocycles. The third-order valence-electron chi connectivity index (χ3n) is 1.09. The summed E-state index contributed by atoms with van der Waals surface area (Å²) in [5, 5.41) is 0. The molecule has 2 heterocycles. The van der Waals surface area contributed by atoms with E-state index >= 15 is 0 Å². The smallest absolute Gasteiger partial charge is 0.198 e. The van der Waals surface area contributed by atoms with Gasteiger partial charge >= 0.3 is 0 Å². The van der Waals surface area contributed by atoms with Crippen LogP contribution in [0.15, 0.2) is 6.33 Å². The molecule has 0 radical (unpaired) electrons. The predicted octanol–water partition coefficient (Wildman–Crippen LogP) is 0.0635. The first-order chi connectivity index (χ1) is 4.88. The maximum absolute atomic E-state index is 5.45. The summed E-state index contributed by atoms with van der Waals surface area (Å²) >= 11 is 1.08. The first-order valence-electron chi connectivity index (χ1n) is 2.56. The van der Waals surface area contributed by atoms with Gasteiger partial charge in [-0.2, -0.15) is 8.75 Å². The molecule has 0 bridgehead atoms. The molecule has 0 saturated carbocycles. The molecule has 2 aromatic rings. The maximum atomic E-state index is 5.45. The third-order valence-corrected chi connectivity index (χ3v) is 1.61. The van der Waals surface area contributed by atoms with Gasteiger partial charge in [0, 0.05) is 0 Å². The summed E-state index contributed by atoms with van der Waals surface area (Å²) in [5.74, 6) is 0.388. The van der Waals surface area contributed by atoms with E-state index in [0.29, 0.717) is 17.0 Å². The summed E-state index contributed by atoms with van der Waals surface area (Å²) in [6.07, 6.45) is 1.37. The van der Waals surface area contributed by atoms with Crippen LogP contribution in [0.25, 0.3) is 11.2 Å². The van der Waals surface area contributed by atoms with Crippen molar-refractivity contribution in [2.75, 3.05) is 5.73 Å². The van der Waals surface area contributed by atoms with Crippen molar-refractivity contribution in [3.8, 4) is 0 Å². The van der Waals surface area contributed by atoms with Crippen LogP contribution in [0.5, 0.6) is 0 Å². The van der Waals surface area contributed by atoms with Crippen molar-refractivity contribution in [2.24, 2.45) is 0 Å². The molecule has 0 unspecified atom stereocenters. The minimum Gasteiger partial charge on any atom is -0.382 e. The number of nitrogens with two attached hydrogens (primary N) is 1. The maximum Gasteiger partial charge on any atom is 0.198 e. The number of anilines is 1. The summed E-state index contributed by atoms with van der Waals surface area (Å²) in [7, 11) is 0. The van der Waals surface area contributed by atoms with Crippen LogP contribution in [0.2, 0.25) is 0 Å². The Morgan fingerprint density at radius 2 is 2.20 bits per heavy atom. The van der Waals surface area contributed by atoms with E-state index in [0.717, 1.165) is 11.7 Å². The lowest BCUT2D eigenvalue weighted by molar-refractivity contribution is 1.21. The fourth-order valence-corrected chi connectivity index (χ4v) is 1.15. The number of hydrogen-bond acceptors (Lipinski definition) is 6. The Morgan fingerprint density at radius 3 is 3.00 bits per heavy atom. The Hall–Kier alpha value is -1.30. The molecule has 0 aliphatic rings. The van der Waals surface area contributed by atoms with Crippen molar-refractivity contribution >= 4 is 28.7 Å². The quantitative estimate of drug-likeness (QED) is 0.579. The Balaban J connectivity index is 2.95. The number of rotatable bonds is 0. The lowest BCUT2D eigenvalue weighted by atomic mass is 10.5. The lowest BCUT2D eigenvalue weighted by Gasteiger charge is -1.87. The van der Waals surface area contributed by atoms with Gasteiger partial charge in [-0.1, -0.05) is 0 Å². The average Bonchev–Trinajstić information content (AvgIpc) is 2.36.